The van der Waals surface area contributed by atoms with Gasteiger partial charge in [-0.2, -0.15) is 0 Å². The van der Waals surface area contributed by atoms with Crippen molar-refractivity contribution < 1.29 is 14.3 Å². The molecule has 0 N–H and O–H groups in total. The Balaban J connectivity index is 2.28. The average molecular weight is 182 g/mol. The first-order chi connectivity index (χ1) is 6.09. The molecule has 3 heteroatoms. The topological polar surface area (TPSA) is 35.5 Å². The van der Waals surface area contributed by atoms with Crippen molar-refractivity contribution in [2.75, 3.05) is 6.61 Å². The van der Waals surface area contributed by atoms with Crippen LogP contribution in [0.3, 0.4) is 0 Å². The lowest BCUT2D eigenvalue weighted by atomic mass is 10.3. The third-order valence-corrected chi connectivity index (χ3v) is 1.72. The van der Waals surface area contributed by atoms with Crippen LogP contribution in [0.1, 0.15) is 20.3 Å². The molecule has 0 aromatic heterocycles. The lowest BCUT2D eigenvalue weighted by Crippen LogP contribution is -2.09. The second-order valence-corrected chi connectivity index (χ2v) is 3.19. The van der Waals surface area contributed by atoms with Crippen molar-refractivity contribution >= 4 is 5.97 Å². The number of esters is 1. The van der Waals surface area contributed by atoms with E-state index < -0.39 is 0 Å². The summed E-state index contributed by atoms with van der Waals surface area (Å²) < 4.78 is 10.2. The molecule has 0 aromatic rings. The highest BCUT2D eigenvalue weighted by Gasteiger charge is 2.14. The van der Waals surface area contributed by atoms with Gasteiger partial charge in [0.05, 0.1) is 6.10 Å². The van der Waals surface area contributed by atoms with Gasteiger partial charge in [0, 0.05) is 12.0 Å². The third-order valence-electron chi connectivity index (χ3n) is 1.72. The van der Waals surface area contributed by atoms with Crippen LogP contribution in [0.25, 0.3) is 0 Å². The van der Waals surface area contributed by atoms with E-state index in [1.54, 1.807) is 6.92 Å². The van der Waals surface area contributed by atoms with Crippen LogP contribution in [0.15, 0.2) is 24.0 Å². The van der Waals surface area contributed by atoms with Crippen molar-refractivity contribution in [3.05, 3.63) is 24.0 Å². The first kappa shape index (κ1) is 9.84. The molecule has 13 heavy (non-hydrogen) atoms. The number of carbonyl (C=O) groups is 1. The molecule has 1 aliphatic rings. The molecule has 0 saturated carbocycles. The van der Waals surface area contributed by atoms with E-state index in [2.05, 4.69) is 6.58 Å². The van der Waals surface area contributed by atoms with Crippen LogP contribution in [-0.4, -0.2) is 18.7 Å². The van der Waals surface area contributed by atoms with Crippen molar-refractivity contribution in [3.8, 4) is 0 Å². The lowest BCUT2D eigenvalue weighted by molar-refractivity contribution is -0.139. The summed E-state index contributed by atoms with van der Waals surface area (Å²) >= 11 is 0. The predicted molar refractivity (Wildman–Crippen MR) is 49.0 cm³/mol. The van der Waals surface area contributed by atoms with Crippen LogP contribution in [0.2, 0.25) is 0 Å². The first-order valence-corrected chi connectivity index (χ1v) is 4.28. The summed E-state index contributed by atoms with van der Waals surface area (Å²) in [5.74, 6) is 0.367. The maximum Gasteiger partial charge on any atom is 0.333 e. The highest BCUT2D eigenvalue weighted by atomic mass is 16.6. The molecule has 0 aromatic carbocycles. The van der Waals surface area contributed by atoms with Crippen molar-refractivity contribution in [3.63, 3.8) is 0 Å². The second-order valence-electron chi connectivity index (χ2n) is 3.19. The molecule has 0 radical (unpaired) electrons. The van der Waals surface area contributed by atoms with Gasteiger partial charge in [-0.05, 0) is 19.9 Å². The molecule has 0 bridgehead atoms. The van der Waals surface area contributed by atoms with Crippen molar-refractivity contribution in [1.82, 2.24) is 0 Å². The van der Waals surface area contributed by atoms with Crippen LogP contribution in [0.5, 0.6) is 0 Å². The molecule has 72 valence electrons. The fraction of sp³-hybridized carbons (Fsp3) is 0.500. The van der Waals surface area contributed by atoms with Crippen LogP contribution >= 0.6 is 0 Å². The Hall–Kier alpha value is -1.25. The zero-order valence-corrected chi connectivity index (χ0v) is 8.00. The standard InChI is InChI=1S/C10H14O3/c1-7(2)10(11)12-6-9-5-4-8(3)13-9/h5,8H,1,4,6H2,2-3H3. The van der Waals surface area contributed by atoms with Gasteiger partial charge >= 0.3 is 5.97 Å². The molecule has 1 aliphatic heterocycles. The normalized spacial score (nSPS) is 20.5. The van der Waals surface area contributed by atoms with Gasteiger partial charge in [-0.15, -0.1) is 0 Å². The molecule has 3 nitrogen and oxygen atoms in total. The Morgan fingerprint density at radius 2 is 2.54 bits per heavy atom. The quantitative estimate of drug-likeness (QED) is 0.493. The van der Waals surface area contributed by atoms with E-state index >= 15 is 0 Å². The zero-order valence-electron chi connectivity index (χ0n) is 8.00. The molecule has 1 rings (SSSR count). The highest BCUT2D eigenvalue weighted by Crippen LogP contribution is 2.16. The zero-order chi connectivity index (χ0) is 9.84. The molecule has 1 atom stereocenters. The van der Waals surface area contributed by atoms with Crippen molar-refractivity contribution in [1.29, 1.82) is 0 Å². The van der Waals surface area contributed by atoms with Crippen molar-refractivity contribution in [2.45, 2.75) is 26.4 Å². The Bertz CT molecular complexity index is 253. The van der Waals surface area contributed by atoms with E-state index in [1.807, 2.05) is 13.0 Å². The fourth-order valence-electron chi connectivity index (χ4n) is 1.00. The molecule has 1 heterocycles. The van der Waals surface area contributed by atoms with Crippen LogP contribution in [0, 0.1) is 0 Å². The van der Waals surface area contributed by atoms with E-state index in [0.29, 0.717) is 5.57 Å². The largest absolute Gasteiger partial charge is 0.491 e. The summed E-state index contributed by atoms with van der Waals surface area (Å²) in [5, 5.41) is 0. The van der Waals surface area contributed by atoms with Crippen LogP contribution in [-0.2, 0) is 14.3 Å². The molecule has 0 saturated heterocycles. The smallest absolute Gasteiger partial charge is 0.333 e. The molecule has 0 amide bonds. The lowest BCUT2D eigenvalue weighted by Gasteiger charge is -2.08. The number of rotatable bonds is 3. The highest BCUT2D eigenvalue weighted by molar-refractivity contribution is 5.87. The van der Waals surface area contributed by atoms with Gasteiger partial charge < -0.3 is 9.47 Å². The summed E-state index contributed by atoms with van der Waals surface area (Å²) in [6.07, 6.45) is 3.04. The summed E-state index contributed by atoms with van der Waals surface area (Å²) in [5.41, 5.74) is 0.409. The third kappa shape index (κ3) is 2.93. The van der Waals surface area contributed by atoms with Gasteiger partial charge in [-0.3, -0.25) is 0 Å². The van der Waals surface area contributed by atoms with Crippen LogP contribution in [0.4, 0.5) is 0 Å². The van der Waals surface area contributed by atoms with Gasteiger partial charge in [-0.25, -0.2) is 4.79 Å². The van der Waals surface area contributed by atoms with Gasteiger partial charge in [0.2, 0.25) is 0 Å². The molecule has 0 aliphatic carbocycles. The Morgan fingerprint density at radius 3 is 3.00 bits per heavy atom. The number of hydrogen-bond acceptors (Lipinski definition) is 3. The van der Waals surface area contributed by atoms with E-state index in [9.17, 15) is 4.79 Å². The van der Waals surface area contributed by atoms with Crippen molar-refractivity contribution in [2.24, 2.45) is 0 Å². The maximum absolute atomic E-state index is 11.0. The minimum atomic E-state index is -0.371. The van der Waals surface area contributed by atoms with E-state index in [4.69, 9.17) is 9.47 Å². The molecule has 0 fully saturated rings. The van der Waals surface area contributed by atoms with E-state index in [0.717, 1.165) is 12.2 Å². The number of carbonyl (C=O) groups excluding carboxylic acids is 1. The Morgan fingerprint density at radius 1 is 1.85 bits per heavy atom. The van der Waals surface area contributed by atoms with E-state index in [1.165, 1.54) is 0 Å². The van der Waals surface area contributed by atoms with Gasteiger partial charge in [0.1, 0.15) is 12.4 Å². The minimum absolute atomic E-state index is 0.207. The predicted octanol–water partition coefficient (Wildman–Crippen LogP) is 1.80. The van der Waals surface area contributed by atoms with Gasteiger partial charge in [-0.1, -0.05) is 6.58 Å². The first-order valence-electron chi connectivity index (χ1n) is 4.28. The molecule has 0 spiro atoms. The fourth-order valence-corrected chi connectivity index (χ4v) is 1.00. The average Bonchev–Trinajstić information content (AvgIpc) is 2.47. The maximum atomic E-state index is 11.0. The number of ether oxygens (including phenoxy) is 2. The second kappa shape index (κ2) is 4.12. The van der Waals surface area contributed by atoms with E-state index in [-0.39, 0.29) is 18.7 Å². The summed E-state index contributed by atoms with van der Waals surface area (Å²) in [6, 6.07) is 0. The van der Waals surface area contributed by atoms with Crippen LogP contribution < -0.4 is 0 Å². The Labute approximate surface area is 78.0 Å². The number of hydrogen-bond donors (Lipinski definition) is 0. The van der Waals surface area contributed by atoms with Gasteiger partial charge in [0.25, 0.3) is 0 Å². The van der Waals surface area contributed by atoms with Gasteiger partial charge in [0.15, 0.2) is 0 Å². The Kier molecular flexibility index (Phi) is 3.12. The summed E-state index contributed by atoms with van der Waals surface area (Å²) in [4.78, 5) is 11.0. The molecule has 1 unspecified atom stereocenters. The SMILES string of the molecule is C=C(C)C(=O)OCC1=CCC(C)O1. The summed E-state index contributed by atoms with van der Waals surface area (Å²) in [7, 11) is 0. The monoisotopic (exact) mass is 182 g/mol. The minimum Gasteiger partial charge on any atom is -0.491 e. The molecular formula is C10H14O3. The summed E-state index contributed by atoms with van der Waals surface area (Å²) in [6.45, 7) is 7.29. The molecular weight excluding hydrogens is 168 g/mol.